The van der Waals surface area contributed by atoms with Crippen molar-refractivity contribution in [3.05, 3.63) is 29.8 Å². The van der Waals surface area contributed by atoms with Crippen LogP contribution >= 0.6 is 0 Å². The molecular formula is C27H40N4O5. The first-order valence-electron chi connectivity index (χ1n) is 13.1. The number of anilines is 1. The van der Waals surface area contributed by atoms with Gasteiger partial charge in [0.2, 0.25) is 5.91 Å². The lowest BCUT2D eigenvalue weighted by molar-refractivity contribution is -0.139. The molecule has 198 valence electrons. The smallest absolute Gasteiger partial charge is 0.251 e. The summed E-state index contributed by atoms with van der Waals surface area (Å²) in [5.74, 6) is -0.772. The van der Waals surface area contributed by atoms with Crippen LogP contribution in [0.15, 0.2) is 24.3 Å². The first-order valence-corrected chi connectivity index (χ1v) is 13.1. The van der Waals surface area contributed by atoms with Crippen LogP contribution in [0, 0.1) is 5.92 Å². The molecule has 0 aromatic heterocycles. The van der Waals surface area contributed by atoms with Crippen molar-refractivity contribution in [2.24, 2.45) is 5.92 Å². The Hall–Kier alpha value is -2.49. The molecule has 3 aliphatic heterocycles. The standard InChI is InChI=1S/C27H40N4O5/c1-6-18(4)23(27(34)31-15-22(35-5)25-24(31)21(32)16-36-25)28-26(33)19-7-9-20(10-8-19)30-13-11-29(12-14-30)17(2)3/h7-10,17-18,22-25H,6,11-16H2,1-5H3,(H,28,33)/t18-,22-,23-,24+,25+/m0/s1. The molecule has 3 heterocycles. The molecular weight excluding hydrogens is 460 g/mol. The van der Waals surface area contributed by atoms with Gasteiger partial charge in [-0.3, -0.25) is 19.3 Å². The molecule has 9 heteroatoms. The van der Waals surface area contributed by atoms with E-state index in [2.05, 4.69) is 29.0 Å². The van der Waals surface area contributed by atoms with Gasteiger partial charge >= 0.3 is 0 Å². The highest BCUT2D eigenvalue weighted by Gasteiger charge is 2.53. The van der Waals surface area contributed by atoms with Crippen molar-refractivity contribution in [2.75, 3.05) is 51.3 Å². The number of nitrogens with one attached hydrogen (secondary N) is 1. The van der Waals surface area contributed by atoms with Crippen LogP contribution < -0.4 is 10.2 Å². The fourth-order valence-electron chi connectivity index (χ4n) is 5.45. The number of fused-ring (bicyclic) bond motifs is 1. The maximum Gasteiger partial charge on any atom is 0.251 e. The number of nitrogens with zero attached hydrogens (tertiary/aromatic N) is 3. The predicted molar refractivity (Wildman–Crippen MR) is 137 cm³/mol. The number of methoxy groups -OCH3 is 1. The Morgan fingerprint density at radius 2 is 1.78 bits per heavy atom. The maximum atomic E-state index is 13.6. The minimum Gasteiger partial charge on any atom is -0.377 e. The predicted octanol–water partition coefficient (Wildman–Crippen LogP) is 1.56. The largest absolute Gasteiger partial charge is 0.377 e. The van der Waals surface area contributed by atoms with E-state index in [0.717, 1.165) is 31.9 Å². The Morgan fingerprint density at radius 1 is 1.11 bits per heavy atom. The molecule has 0 unspecified atom stereocenters. The second-order valence-electron chi connectivity index (χ2n) is 10.5. The van der Waals surface area contributed by atoms with Gasteiger partial charge in [-0.25, -0.2) is 0 Å². The monoisotopic (exact) mass is 500 g/mol. The summed E-state index contributed by atoms with van der Waals surface area (Å²) in [5, 5.41) is 2.96. The van der Waals surface area contributed by atoms with E-state index < -0.39 is 18.2 Å². The average Bonchev–Trinajstić information content (AvgIpc) is 3.46. The molecule has 36 heavy (non-hydrogen) atoms. The molecule has 0 radical (unpaired) electrons. The van der Waals surface area contributed by atoms with E-state index in [4.69, 9.17) is 9.47 Å². The normalized spacial score (nSPS) is 26.3. The summed E-state index contributed by atoms with van der Waals surface area (Å²) in [6, 6.07) is 6.74. The number of likely N-dealkylation sites (tertiary alicyclic amines) is 1. The first-order chi connectivity index (χ1) is 17.2. The molecule has 3 saturated heterocycles. The van der Waals surface area contributed by atoms with Crippen LogP contribution in [0.4, 0.5) is 5.69 Å². The fraction of sp³-hybridized carbons (Fsp3) is 0.667. The number of Topliss-reactive ketones (excluding diaryl/α,β-unsaturated/α-hetero) is 1. The lowest BCUT2D eigenvalue weighted by Gasteiger charge is -2.38. The summed E-state index contributed by atoms with van der Waals surface area (Å²) in [4.78, 5) is 45.7. The van der Waals surface area contributed by atoms with Crippen LogP contribution in [0.3, 0.4) is 0 Å². The Kier molecular flexibility index (Phi) is 8.32. The summed E-state index contributed by atoms with van der Waals surface area (Å²) in [6.07, 6.45) is -0.0961. The van der Waals surface area contributed by atoms with E-state index in [-0.39, 0.29) is 42.8 Å². The Bertz CT molecular complexity index is 944. The molecule has 9 nitrogen and oxygen atoms in total. The molecule has 3 aliphatic rings. The zero-order chi connectivity index (χ0) is 26.0. The van der Waals surface area contributed by atoms with Crippen molar-refractivity contribution in [2.45, 2.75) is 64.4 Å². The van der Waals surface area contributed by atoms with Crippen molar-refractivity contribution >= 4 is 23.3 Å². The third-order valence-corrected chi connectivity index (χ3v) is 8.03. The summed E-state index contributed by atoms with van der Waals surface area (Å²) in [5.41, 5.74) is 1.60. The molecule has 0 bridgehead atoms. The second kappa shape index (κ2) is 11.3. The van der Waals surface area contributed by atoms with Gasteiger partial charge in [0.05, 0.1) is 6.54 Å². The molecule has 1 N–H and O–H groups in total. The number of hydrogen-bond donors (Lipinski definition) is 1. The van der Waals surface area contributed by atoms with Gasteiger partial charge in [-0.15, -0.1) is 0 Å². The van der Waals surface area contributed by atoms with Gasteiger partial charge in [0, 0.05) is 50.6 Å². The van der Waals surface area contributed by atoms with Gasteiger partial charge in [0.15, 0.2) is 5.78 Å². The van der Waals surface area contributed by atoms with Crippen LogP contribution in [0.1, 0.15) is 44.5 Å². The number of ketones is 1. The molecule has 1 aromatic carbocycles. The van der Waals surface area contributed by atoms with E-state index in [1.54, 1.807) is 12.0 Å². The minimum atomic E-state index is -0.740. The average molecular weight is 501 g/mol. The first kappa shape index (κ1) is 26.6. The number of amides is 2. The molecule has 0 saturated carbocycles. The number of carbonyl (C=O) groups is 3. The molecule has 2 amide bonds. The van der Waals surface area contributed by atoms with Crippen LogP contribution in [0.5, 0.6) is 0 Å². The highest BCUT2D eigenvalue weighted by Crippen LogP contribution is 2.30. The summed E-state index contributed by atoms with van der Waals surface area (Å²) in [7, 11) is 1.56. The van der Waals surface area contributed by atoms with Crippen LogP contribution in [0.2, 0.25) is 0 Å². The fourth-order valence-corrected chi connectivity index (χ4v) is 5.45. The molecule has 1 aromatic rings. The lowest BCUT2D eigenvalue weighted by Crippen LogP contribution is -2.54. The van der Waals surface area contributed by atoms with Gasteiger partial charge in [0.1, 0.15) is 30.9 Å². The number of ether oxygens (including phenoxy) is 2. The van der Waals surface area contributed by atoms with E-state index in [9.17, 15) is 14.4 Å². The van der Waals surface area contributed by atoms with Crippen molar-refractivity contribution in [1.29, 1.82) is 0 Å². The van der Waals surface area contributed by atoms with Gasteiger partial charge in [0.25, 0.3) is 5.91 Å². The lowest BCUT2D eigenvalue weighted by atomic mass is 9.96. The topological polar surface area (TPSA) is 91.4 Å². The maximum absolute atomic E-state index is 13.6. The number of benzene rings is 1. The number of hydrogen-bond acceptors (Lipinski definition) is 7. The van der Waals surface area contributed by atoms with Crippen molar-refractivity contribution in [3.63, 3.8) is 0 Å². The molecule has 0 spiro atoms. The zero-order valence-corrected chi connectivity index (χ0v) is 22.1. The highest BCUT2D eigenvalue weighted by molar-refractivity contribution is 5.99. The van der Waals surface area contributed by atoms with Crippen LogP contribution in [-0.2, 0) is 19.1 Å². The van der Waals surface area contributed by atoms with E-state index >= 15 is 0 Å². The van der Waals surface area contributed by atoms with Gasteiger partial charge < -0.3 is 24.6 Å². The second-order valence-corrected chi connectivity index (χ2v) is 10.5. The third-order valence-electron chi connectivity index (χ3n) is 8.03. The molecule has 3 fully saturated rings. The van der Waals surface area contributed by atoms with Gasteiger partial charge in [-0.1, -0.05) is 20.3 Å². The summed E-state index contributed by atoms with van der Waals surface area (Å²) >= 11 is 0. The summed E-state index contributed by atoms with van der Waals surface area (Å²) < 4.78 is 11.1. The minimum absolute atomic E-state index is 0.0157. The van der Waals surface area contributed by atoms with Crippen molar-refractivity contribution in [1.82, 2.24) is 15.1 Å². The summed E-state index contributed by atoms with van der Waals surface area (Å²) in [6.45, 7) is 12.6. The molecule has 5 atom stereocenters. The quantitative estimate of drug-likeness (QED) is 0.579. The zero-order valence-electron chi connectivity index (χ0n) is 22.1. The Labute approximate surface area is 214 Å². The van der Waals surface area contributed by atoms with E-state index in [1.165, 1.54) is 0 Å². The van der Waals surface area contributed by atoms with Crippen LogP contribution in [0.25, 0.3) is 0 Å². The SMILES string of the molecule is CC[C@H](C)[C@H](NC(=O)c1ccc(N2CCN(C(C)C)CC2)cc1)C(=O)N1C[C@H](OC)[C@H]2OCC(=O)[C@H]21. The van der Waals surface area contributed by atoms with Gasteiger partial charge in [-0.2, -0.15) is 0 Å². The number of rotatable bonds is 8. The van der Waals surface area contributed by atoms with Crippen molar-refractivity contribution < 1.29 is 23.9 Å². The van der Waals surface area contributed by atoms with Crippen molar-refractivity contribution in [3.8, 4) is 0 Å². The number of carbonyl (C=O) groups excluding carboxylic acids is 3. The Morgan fingerprint density at radius 3 is 2.36 bits per heavy atom. The van der Waals surface area contributed by atoms with E-state index in [0.29, 0.717) is 18.0 Å². The van der Waals surface area contributed by atoms with E-state index in [1.807, 2.05) is 38.1 Å². The Balaban J connectivity index is 1.43. The molecule has 4 rings (SSSR count). The number of piperazine rings is 1. The third kappa shape index (κ3) is 5.28. The van der Waals surface area contributed by atoms with Crippen LogP contribution in [-0.4, -0.2) is 104 Å². The molecule has 0 aliphatic carbocycles. The van der Waals surface area contributed by atoms with Gasteiger partial charge in [-0.05, 0) is 44.0 Å². The highest BCUT2D eigenvalue weighted by atomic mass is 16.5.